The van der Waals surface area contributed by atoms with Gasteiger partial charge in [0.25, 0.3) is 10.0 Å². The van der Waals surface area contributed by atoms with E-state index in [1.807, 2.05) is 30.3 Å². The lowest BCUT2D eigenvalue weighted by Crippen LogP contribution is -2.36. The molecule has 0 bridgehead atoms. The molecule has 2 aromatic rings. The smallest absolute Gasteiger partial charge is 0.339 e. The van der Waals surface area contributed by atoms with Crippen molar-refractivity contribution in [2.75, 3.05) is 6.61 Å². The summed E-state index contributed by atoms with van der Waals surface area (Å²) in [6.45, 7) is 6.65. The van der Waals surface area contributed by atoms with E-state index in [1.165, 1.54) is 18.3 Å². The van der Waals surface area contributed by atoms with Gasteiger partial charge in [0, 0.05) is 17.4 Å². The van der Waals surface area contributed by atoms with E-state index in [9.17, 15) is 13.2 Å². The summed E-state index contributed by atoms with van der Waals surface area (Å²) >= 11 is 0. The molecule has 1 fully saturated rings. The molecule has 3 atom stereocenters. The molecule has 4 rings (SSSR count). The molecule has 0 aromatic heterocycles. The van der Waals surface area contributed by atoms with Crippen molar-refractivity contribution in [3.05, 3.63) is 65.2 Å². The quantitative estimate of drug-likeness (QED) is 0.400. The Morgan fingerprint density at radius 1 is 1.12 bits per heavy atom. The van der Waals surface area contributed by atoms with Crippen LogP contribution in [-0.4, -0.2) is 33.3 Å². The van der Waals surface area contributed by atoms with Crippen molar-refractivity contribution in [1.82, 2.24) is 0 Å². The van der Waals surface area contributed by atoms with E-state index in [4.69, 9.17) is 9.47 Å². The van der Waals surface area contributed by atoms with Crippen LogP contribution in [0.5, 0.6) is 5.75 Å². The number of carbonyl (C=O) groups is 1. The van der Waals surface area contributed by atoms with Gasteiger partial charge >= 0.3 is 5.97 Å². The van der Waals surface area contributed by atoms with Gasteiger partial charge in [0.1, 0.15) is 23.4 Å². The minimum Gasteiger partial charge on any atom is -0.488 e. The zero-order valence-electron chi connectivity index (χ0n) is 19.8. The molecule has 180 valence electrons. The minimum absolute atomic E-state index is 0.0135. The first kappa shape index (κ1) is 24.2. The number of sulfonamides is 1. The largest absolute Gasteiger partial charge is 0.488 e. The molecule has 34 heavy (non-hydrogen) atoms. The molecule has 0 saturated heterocycles. The molecule has 1 aliphatic heterocycles. The van der Waals surface area contributed by atoms with Gasteiger partial charge in [-0.2, -0.15) is 12.8 Å². The second kappa shape index (κ2) is 10.1. The maximum absolute atomic E-state index is 13.1. The van der Waals surface area contributed by atoms with Gasteiger partial charge in [-0.3, -0.25) is 0 Å². The minimum atomic E-state index is -4.12. The standard InChI is InChI=1S/C27H31NO5S/c1-18(2)22-13-12-19(3)14-25(22)33-27(29)23-9-5-7-11-26(23)34(30,31)28-16-20-15-21-8-4-6-10-24(21)32-17-20/h4-11,15-16,18-19,22,25H,12-14,17H2,1-3H3/b28-16+/t19-,22+,25-/m1/s1. The maximum atomic E-state index is 13.1. The third-order valence-corrected chi connectivity index (χ3v) is 7.91. The molecule has 0 amide bonds. The SMILES string of the molecule is CC(C)[C@@H]1CC[C@@H](C)C[C@H]1OC(=O)c1ccccc1S(=O)(=O)/N=C/C1=Cc2ccccc2OC1. The number of ether oxygens (including phenoxy) is 2. The fourth-order valence-corrected chi connectivity index (χ4v) is 5.78. The van der Waals surface area contributed by atoms with E-state index < -0.39 is 16.0 Å². The zero-order chi connectivity index (χ0) is 24.3. The summed E-state index contributed by atoms with van der Waals surface area (Å²) in [6.07, 6.45) is 5.80. The van der Waals surface area contributed by atoms with Gasteiger partial charge < -0.3 is 9.47 Å². The topological polar surface area (TPSA) is 82.0 Å². The summed E-state index contributed by atoms with van der Waals surface area (Å²) < 4.78 is 41.6. The van der Waals surface area contributed by atoms with Crippen LogP contribution in [0, 0.1) is 17.8 Å². The monoisotopic (exact) mass is 481 g/mol. The van der Waals surface area contributed by atoms with Gasteiger partial charge in [-0.1, -0.05) is 57.5 Å². The van der Waals surface area contributed by atoms with Crippen LogP contribution in [0.2, 0.25) is 0 Å². The number of esters is 1. The predicted molar refractivity (Wildman–Crippen MR) is 133 cm³/mol. The number of benzene rings is 2. The second-order valence-corrected chi connectivity index (χ2v) is 11.1. The van der Waals surface area contributed by atoms with Crippen molar-refractivity contribution in [3.63, 3.8) is 0 Å². The molecular weight excluding hydrogens is 450 g/mol. The molecule has 1 aliphatic carbocycles. The highest BCUT2D eigenvalue weighted by atomic mass is 32.2. The molecule has 6 nitrogen and oxygen atoms in total. The Morgan fingerprint density at radius 3 is 2.65 bits per heavy atom. The van der Waals surface area contributed by atoms with E-state index in [0.29, 0.717) is 17.4 Å². The summed E-state index contributed by atoms with van der Waals surface area (Å²) in [5.74, 6) is 1.24. The highest BCUT2D eigenvalue weighted by Crippen LogP contribution is 2.36. The summed E-state index contributed by atoms with van der Waals surface area (Å²) in [5, 5.41) is 0. The first-order valence-corrected chi connectivity index (χ1v) is 13.2. The van der Waals surface area contributed by atoms with Crippen molar-refractivity contribution >= 4 is 28.3 Å². The molecule has 0 spiro atoms. The van der Waals surface area contributed by atoms with Crippen LogP contribution in [0.4, 0.5) is 0 Å². The number of carbonyl (C=O) groups excluding carboxylic acids is 1. The van der Waals surface area contributed by atoms with Crippen LogP contribution >= 0.6 is 0 Å². The van der Waals surface area contributed by atoms with E-state index in [0.717, 1.165) is 30.6 Å². The summed E-state index contributed by atoms with van der Waals surface area (Å²) in [5.41, 5.74) is 1.50. The molecular formula is C27H31NO5S. The number of hydrogen-bond acceptors (Lipinski definition) is 5. The molecule has 1 heterocycles. The van der Waals surface area contributed by atoms with E-state index in [1.54, 1.807) is 12.1 Å². The summed E-state index contributed by atoms with van der Waals surface area (Å²) in [4.78, 5) is 13.0. The van der Waals surface area contributed by atoms with Gasteiger partial charge in [-0.25, -0.2) is 4.79 Å². The maximum Gasteiger partial charge on any atom is 0.339 e. The van der Waals surface area contributed by atoms with Crippen LogP contribution in [0.25, 0.3) is 6.08 Å². The lowest BCUT2D eigenvalue weighted by molar-refractivity contribution is -0.0177. The van der Waals surface area contributed by atoms with Gasteiger partial charge in [0.15, 0.2) is 0 Å². The van der Waals surface area contributed by atoms with Gasteiger partial charge in [-0.05, 0) is 54.9 Å². The average molecular weight is 482 g/mol. The van der Waals surface area contributed by atoms with Crippen LogP contribution in [-0.2, 0) is 14.8 Å². The first-order valence-electron chi connectivity index (χ1n) is 11.8. The van der Waals surface area contributed by atoms with Crippen molar-refractivity contribution < 1.29 is 22.7 Å². The Bertz CT molecular complexity index is 1220. The molecule has 0 radical (unpaired) electrons. The van der Waals surface area contributed by atoms with Crippen molar-refractivity contribution in [3.8, 4) is 5.75 Å². The molecule has 1 saturated carbocycles. The predicted octanol–water partition coefficient (Wildman–Crippen LogP) is 5.54. The van der Waals surface area contributed by atoms with Gasteiger partial charge in [-0.15, -0.1) is 0 Å². The lowest BCUT2D eigenvalue weighted by atomic mass is 9.75. The number of hydrogen-bond donors (Lipinski definition) is 0. The Morgan fingerprint density at radius 2 is 1.85 bits per heavy atom. The van der Waals surface area contributed by atoms with Crippen LogP contribution < -0.4 is 4.74 Å². The summed E-state index contributed by atoms with van der Waals surface area (Å²) in [7, 11) is -4.12. The molecule has 2 aliphatic rings. The molecule has 2 aromatic carbocycles. The van der Waals surface area contributed by atoms with Gasteiger partial charge in [0.05, 0.1) is 5.56 Å². The van der Waals surface area contributed by atoms with Gasteiger partial charge in [0.2, 0.25) is 0 Å². The van der Waals surface area contributed by atoms with E-state index in [2.05, 4.69) is 25.2 Å². The molecule has 0 N–H and O–H groups in total. The third-order valence-electron chi connectivity index (χ3n) is 6.62. The Labute approximate surface area is 201 Å². The second-order valence-electron chi connectivity index (χ2n) is 9.52. The molecule has 7 heteroatoms. The van der Waals surface area contributed by atoms with Crippen molar-refractivity contribution in [1.29, 1.82) is 0 Å². The fourth-order valence-electron chi connectivity index (χ4n) is 4.71. The normalized spacial score (nSPS) is 22.7. The Balaban J connectivity index is 1.56. The van der Waals surface area contributed by atoms with Crippen LogP contribution in [0.3, 0.4) is 0 Å². The van der Waals surface area contributed by atoms with Crippen LogP contribution in [0.15, 0.2) is 63.4 Å². The van der Waals surface area contributed by atoms with Crippen LogP contribution in [0.1, 0.15) is 56.0 Å². The lowest BCUT2D eigenvalue weighted by Gasteiger charge is -2.36. The van der Waals surface area contributed by atoms with E-state index >= 15 is 0 Å². The van der Waals surface area contributed by atoms with Crippen molar-refractivity contribution in [2.45, 2.75) is 51.0 Å². The molecule has 0 unspecified atom stereocenters. The first-order chi connectivity index (χ1) is 16.2. The Hall–Kier alpha value is -2.93. The number of fused-ring (bicyclic) bond motifs is 1. The van der Waals surface area contributed by atoms with Crippen molar-refractivity contribution in [2.24, 2.45) is 22.2 Å². The highest BCUT2D eigenvalue weighted by molar-refractivity contribution is 7.90. The number of rotatable bonds is 6. The average Bonchev–Trinajstić information content (AvgIpc) is 2.82. The fraction of sp³-hybridized carbons (Fsp3) is 0.407. The number of para-hydroxylation sites is 1. The van der Waals surface area contributed by atoms with E-state index in [-0.39, 0.29) is 29.1 Å². The third kappa shape index (κ3) is 5.41. The Kier molecular flexibility index (Phi) is 7.22. The highest BCUT2D eigenvalue weighted by Gasteiger charge is 2.34. The zero-order valence-corrected chi connectivity index (χ0v) is 20.6. The number of nitrogens with zero attached hydrogens (tertiary/aromatic N) is 1. The summed E-state index contributed by atoms with van der Waals surface area (Å²) in [6, 6.07) is 13.6.